The zero-order chi connectivity index (χ0) is 25.7. The Morgan fingerprint density at radius 2 is 0.757 bits per heavy atom. The highest BCUT2D eigenvalue weighted by Gasteiger charge is 2.03. The zero-order valence-electron chi connectivity index (χ0n) is 19.7. The number of nitro groups is 1. The summed E-state index contributed by atoms with van der Waals surface area (Å²) in [4.78, 5) is 10.5. The molecule has 3 nitrogen and oxygen atoms in total. The Balaban J connectivity index is 1.85. The van der Waals surface area contributed by atoms with Crippen LogP contribution >= 0.6 is 0 Å². The Labute approximate surface area is 216 Å². The lowest BCUT2D eigenvalue weighted by Crippen LogP contribution is -1.88. The topological polar surface area (TPSA) is 43.1 Å². The molecule has 0 heterocycles. The van der Waals surface area contributed by atoms with Crippen molar-refractivity contribution in [1.82, 2.24) is 0 Å². The first-order valence-electron chi connectivity index (χ1n) is 11.4. The van der Waals surface area contributed by atoms with Gasteiger partial charge in [-0.1, -0.05) is 102 Å². The fraction of sp³-hybridized carbons (Fsp3) is 0. The Morgan fingerprint density at radius 1 is 0.459 bits per heavy atom. The number of benzene rings is 4. The molecule has 4 aromatic rings. The van der Waals surface area contributed by atoms with Crippen LogP contribution in [-0.4, -0.2) is 4.92 Å². The number of hydrogen-bond acceptors (Lipinski definition) is 2. The molecule has 0 spiro atoms. The largest absolute Gasteiger partial charge is 0.269 e. The molecule has 4 rings (SSSR count). The summed E-state index contributed by atoms with van der Waals surface area (Å²) in [6, 6.07) is 34.9. The van der Waals surface area contributed by atoms with Crippen molar-refractivity contribution in [1.29, 1.82) is 0 Å². The fourth-order valence-corrected chi connectivity index (χ4v) is 3.08. The summed E-state index contributed by atoms with van der Waals surface area (Å²) in [6.45, 7) is 0. The van der Waals surface area contributed by atoms with Crippen LogP contribution in [0.15, 0.2) is 126 Å². The van der Waals surface area contributed by atoms with Crippen LogP contribution in [0.4, 0.5) is 5.69 Å². The second-order valence-corrected chi connectivity index (χ2v) is 7.65. The van der Waals surface area contributed by atoms with E-state index in [4.69, 9.17) is 0 Å². The van der Waals surface area contributed by atoms with E-state index in [0.29, 0.717) is 16.7 Å². The summed E-state index contributed by atoms with van der Waals surface area (Å²) >= 11 is 0. The number of allylic oxidation sites excluding steroid dienone is 2. The SMILES string of the molecule is O=[N+]([O-])c1ccc(C#CC(C#Cc2ccccc2)=C(C#Cc2ccccc2)C#Cc2ccccc2)cc1. The summed E-state index contributed by atoms with van der Waals surface area (Å²) in [6.07, 6.45) is 0. The van der Waals surface area contributed by atoms with E-state index in [0.717, 1.165) is 16.7 Å². The highest BCUT2D eigenvalue weighted by atomic mass is 16.6. The molecule has 0 unspecified atom stereocenters. The van der Waals surface area contributed by atoms with E-state index in [1.165, 1.54) is 12.1 Å². The maximum absolute atomic E-state index is 11.0. The van der Waals surface area contributed by atoms with E-state index in [-0.39, 0.29) is 5.69 Å². The summed E-state index contributed by atoms with van der Waals surface area (Å²) in [7, 11) is 0. The van der Waals surface area contributed by atoms with Gasteiger partial charge < -0.3 is 0 Å². The standard InChI is InChI=1S/C34H19NO2/c36-35(37)34-26-20-31(21-27-34)19-25-33(24-18-30-14-8-3-9-15-30)32(22-16-28-10-4-1-5-11-28)23-17-29-12-6-2-7-13-29/h1-15,20-21,26-27H. The second-order valence-electron chi connectivity index (χ2n) is 7.65. The average Bonchev–Trinajstić information content (AvgIpc) is 2.95. The van der Waals surface area contributed by atoms with Gasteiger partial charge >= 0.3 is 0 Å². The van der Waals surface area contributed by atoms with Crippen LogP contribution in [0.2, 0.25) is 0 Å². The molecular formula is C34H19NO2. The summed E-state index contributed by atoms with van der Waals surface area (Å²) in [5.41, 5.74) is 4.12. The van der Waals surface area contributed by atoms with Gasteiger partial charge in [0, 0.05) is 34.4 Å². The number of non-ortho nitro benzene ring substituents is 1. The molecule has 172 valence electrons. The lowest BCUT2D eigenvalue weighted by molar-refractivity contribution is -0.384. The van der Waals surface area contributed by atoms with Gasteiger partial charge in [-0.25, -0.2) is 0 Å². The van der Waals surface area contributed by atoms with Gasteiger partial charge in [0.2, 0.25) is 0 Å². The minimum Gasteiger partial charge on any atom is -0.258 e. The molecule has 0 aliphatic heterocycles. The molecule has 0 amide bonds. The molecule has 0 aliphatic rings. The molecule has 0 fully saturated rings. The van der Waals surface area contributed by atoms with E-state index in [1.54, 1.807) is 12.1 Å². The van der Waals surface area contributed by atoms with Gasteiger partial charge in [0.1, 0.15) is 0 Å². The number of nitro benzene ring substituents is 1. The molecule has 0 N–H and O–H groups in total. The van der Waals surface area contributed by atoms with Crippen molar-refractivity contribution >= 4 is 5.69 Å². The minimum absolute atomic E-state index is 0.00771. The van der Waals surface area contributed by atoms with Gasteiger partial charge in [0.25, 0.3) is 5.69 Å². The molecular weight excluding hydrogens is 454 g/mol. The molecule has 0 radical (unpaired) electrons. The predicted octanol–water partition coefficient (Wildman–Crippen LogP) is 6.40. The third-order valence-electron chi connectivity index (χ3n) is 4.98. The van der Waals surface area contributed by atoms with Crippen molar-refractivity contribution in [2.24, 2.45) is 0 Å². The molecule has 0 atom stereocenters. The number of rotatable bonds is 1. The van der Waals surface area contributed by atoms with Gasteiger partial charge in [-0.3, -0.25) is 10.1 Å². The normalized spacial score (nSPS) is 8.97. The van der Waals surface area contributed by atoms with Crippen molar-refractivity contribution in [2.75, 3.05) is 0 Å². The second kappa shape index (κ2) is 12.6. The lowest BCUT2D eigenvalue weighted by atomic mass is 10.1. The van der Waals surface area contributed by atoms with Crippen LogP contribution in [0.5, 0.6) is 0 Å². The van der Waals surface area contributed by atoms with Crippen molar-refractivity contribution in [3.63, 3.8) is 0 Å². The third-order valence-corrected chi connectivity index (χ3v) is 4.98. The van der Waals surface area contributed by atoms with Crippen LogP contribution in [0.3, 0.4) is 0 Å². The zero-order valence-corrected chi connectivity index (χ0v) is 19.7. The highest BCUT2D eigenvalue weighted by molar-refractivity contribution is 5.64. The first-order chi connectivity index (χ1) is 18.2. The van der Waals surface area contributed by atoms with Crippen LogP contribution < -0.4 is 0 Å². The predicted molar refractivity (Wildman–Crippen MR) is 147 cm³/mol. The quantitative estimate of drug-likeness (QED) is 0.182. The van der Waals surface area contributed by atoms with E-state index in [9.17, 15) is 10.1 Å². The van der Waals surface area contributed by atoms with Crippen molar-refractivity contribution in [3.05, 3.63) is 159 Å². The van der Waals surface area contributed by atoms with Crippen LogP contribution in [0.25, 0.3) is 0 Å². The van der Waals surface area contributed by atoms with Gasteiger partial charge in [-0.2, -0.15) is 0 Å². The lowest BCUT2D eigenvalue weighted by Gasteiger charge is -1.95. The maximum Gasteiger partial charge on any atom is 0.269 e. The maximum atomic E-state index is 11.0. The Bertz CT molecular complexity index is 1610. The average molecular weight is 474 g/mol. The van der Waals surface area contributed by atoms with E-state index in [2.05, 4.69) is 47.4 Å². The highest BCUT2D eigenvalue weighted by Crippen LogP contribution is 2.12. The van der Waals surface area contributed by atoms with Gasteiger partial charge in [0.15, 0.2) is 0 Å². The molecule has 4 aromatic carbocycles. The van der Waals surface area contributed by atoms with Gasteiger partial charge in [-0.15, -0.1) is 0 Å². The van der Waals surface area contributed by atoms with E-state index >= 15 is 0 Å². The van der Waals surface area contributed by atoms with Gasteiger partial charge in [-0.05, 0) is 48.5 Å². The van der Waals surface area contributed by atoms with Crippen molar-refractivity contribution in [3.8, 4) is 47.4 Å². The Morgan fingerprint density at radius 3 is 1.05 bits per heavy atom. The monoisotopic (exact) mass is 473 g/mol. The van der Waals surface area contributed by atoms with Crippen molar-refractivity contribution < 1.29 is 4.92 Å². The van der Waals surface area contributed by atoms with E-state index < -0.39 is 4.92 Å². The number of nitrogens with zero attached hydrogens (tertiary/aromatic N) is 1. The molecule has 0 saturated carbocycles. The molecule has 0 bridgehead atoms. The van der Waals surface area contributed by atoms with Crippen LogP contribution in [0, 0.1) is 57.5 Å². The van der Waals surface area contributed by atoms with E-state index in [1.807, 2.05) is 91.0 Å². The van der Waals surface area contributed by atoms with Crippen molar-refractivity contribution in [2.45, 2.75) is 0 Å². The first-order valence-corrected chi connectivity index (χ1v) is 11.4. The summed E-state index contributed by atoms with van der Waals surface area (Å²) in [5.74, 6) is 25.1. The molecule has 0 saturated heterocycles. The van der Waals surface area contributed by atoms with Crippen LogP contribution in [0.1, 0.15) is 22.3 Å². The fourth-order valence-electron chi connectivity index (χ4n) is 3.08. The summed E-state index contributed by atoms with van der Waals surface area (Å²) < 4.78 is 0. The first kappa shape index (κ1) is 24.4. The Kier molecular flexibility index (Phi) is 8.34. The molecule has 0 aliphatic carbocycles. The molecule has 3 heteroatoms. The molecule has 37 heavy (non-hydrogen) atoms. The third kappa shape index (κ3) is 7.64. The smallest absolute Gasteiger partial charge is 0.258 e. The van der Waals surface area contributed by atoms with Gasteiger partial charge in [0.05, 0.1) is 16.1 Å². The summed E-state index contributed by atoms with van der Waals surface area (Å²) in [5, 5.41) is 11.0. The van der Waals surface area contributed by atoms with Crippen LogP contribution in [-0.2, 0) is 0 Å². The number of hydrogen-bond donors (Lipinski definition) is 0. The molecule has 0 aromatic heterocycles. The Hall–Kier alpha value is -5.74. The minimum atomic E-state index is -0.440.